The van der Waals surface area contributed by atoms with Gasteiger partial charge in [0.1, 0.15) is 5.60 Å². The fourth-order valence-corrected chi connectivity index (χ4v) is 6.95. The minimum absolute atomic E-state index is 0.0319. The van der Waals surface area contributed by atoms with Gasteiger partial charge in [0.25, 0.3) is 0 Å². The third kappa shape index (κ3) is 3.25. The summed E-state index contributed by atoms with van der Waals surface area (Å²) in [5.74, 6) is 0.440. The van der Waals surface area contributed by atoms with E-state index < -0.39 is 11.7 Å². The molecular formula is C26H37N3O5. The molecule has 2 saturated heterocycles. The number of amides is 2. The first-order chi connectivity index (χ1) is 15.7. The molecule has 4 aliphatic rings. The molecule has 1 N–H and O–H groups in total. The Hall–Kier alpha value is -2.32. The molecule has 1 aromatic rings. The second-order valence-electron chi connectivity index (χ2n) is 12.3. The minimum atomic E-state index is -1.32. The van der Waals surface area contributed by atoms with Gasteiger partial charge in [-0.2, -0.15) is 0 Å². The van der Waals surface area contributed by atoms with Gasteiger partial charge in [-0.3, -0.25) is 4.79 Å². The quantitative estimate of drug-likeness (QED) is 0.665. The lowest BCUT2D eigenvalue weighted by molar-refractivity contribution is -0.238. The summed E-state index contributed by atoms with van der Waals surface area (Å²) in [5, 5.41) is 13.4. The number of anilines is 1. The number of likely N-dealkylation sites (tertiary alicyclic amines) is 1. The molecule has 2 aliphatic heterocycles. The van der Waals surface area contributed by atoms with Crippen LogP contribution in [0.2, 0.25) is 0 Å². The Balaban J connectivity index is 1.40. The van der Waals surface area contributed by atoms with E-state index >= 15 is 0 Å². The van der Waals surface area contributed by atoms with Crippen LogP contribution in [0.25, 0.3) is 0 Å². The molecule has 2 aliphatic carbocycles. The number of hydroxylamine groups is 2. The number of furan rings is 1. The van der Waals surface area contributed by atoms with Gasteiger partial charge in [-0.25, -0.2) is 9.69 Å². The Labute approximate surface area is 201 Å². The second-order valence-corrected chi connectivity index (χ2v) is 12.3. The molecule has 8 nitrogen and oxygen atoms in total. The Morgan fingerprint density at radius 3 is 2.50 bits per heavy atom. The zero-order chi connectivity index (χ0) is 24.7. The normalized spacial score (nSPS) is 37.8. The fourth-order valence-electron chi connectivity index (χ4n) is 6.95. The molecule has 1 spiro atoms. The van der Waals surface area contributed by atoms with Crippen LogP contribution in [0, 0.1) is 10.8 Å². The van der Waals surface area contributed by atoms with E-state index in [0.717, 1.165) is 25.7 Å². The third-order valence-electron chi connectivity index (χ3n) is 8.91. The SMILES string of the molecule is CN1C(=O)[C@]2(C)C[C@@]23C=C[C@@](O)(CN(C(=O)ON2C(C)(C)CCCC2(C)C)c2ccco2)C[C@H]13. The number of carbonyl (C=O) groups excluding carboxylic acids is 2. The molecule has 0 aromatic carbocycles. The lowest BCUT2D eigenvalue weighted by Crippen LogP contribution is -2.60. The maximum absolute atomic E-state index is 13.6. The van der Waals surface area contributed by atoms with Crippen molar-refractivity contribution in [3.8, 4) is 0 Å². The van der Waals surface area contributed by atoms with Crippen LogP contribution in [-0.2, 0) is 9.63 Å². The Morgan fingerprint density at radius 2 is 1.88 bits per heavy atom. The molecule has 1 aromatic heterocycles. The van der Waals surface area contributed by atoms with E-state index in [0.29, 0.717) is 12.3 Å². The van der Waals surface area contributed by atoms with E-state index in [2.05, 4.69) is 27.7 Å². The van der Waals surface area contributed by atoms with E-state index in [-0.39, 0.29) is 40.4 Å². The third-order valence-corrected chi connectivity index (χ3v) is 8.91. The standard InChI is InChI=1S/C26H37N3O5/c1-22(2)10-8-11-23(3,4)29(22)34-21(31)28(19-9-7-14-33-19)17-25(32)12-13-26-16-24(26,5)20(30)27(6)18(26)15-25/h7,9,12-14,18,32H,8,10-11,15-17H2,1-6H3/t18-,24-,25-,26+/m0/s1. The Kier molecular flexibility index (Phi) is 4.89. The summed E-state index contributed by atoms with van der Waals surface area (Å²) in [6.45, 7) is 10.3. The lowest BCUT2D eigenvalue weighted by Gasteiger charge is -2.50. The van der Waals surface area contributed by atoms with Gasteiger partial charge in [0.05, 0.1) is 29.3 Å². The number of piperidine rings is 2. The molecule has 34 heavy (non-hydrogen) atoms. The van der Waals surface area contributed by atoms with Crippen molar-refractivity contribution in [2.24, 2.45) is 10.8 Å². The van der Waals surface area contributed by atoms with Gasteiger partial charge in [0, 0.05) is 31.0 Å². The number of rotatable bonds is 4. The molecule has 3 fully saturated rings. The summed E-state index contributed by atoms with van der Waals surface area (Å²) in [5.41, 5.74) is -2.55. The first kappa shape index (κ1) is 23.4. The van der Waals surface area contributed by atoms with Crippen LogP contribution < -0.4 is 4.90 Å². The number of hydrogen-bond donors (Lipinski definition) is 1. The Bertz CT molecular complexity index is 1020. The van der Waals surface area contributed by atoms with E-state index in [4.69, 9.17) is 9.25 Å². The van der Waals surface area contributed by atoms with Gasteiger partial charge < -0.3 is 19.3 Å². The van der Waals surface area contributed by atoms with Crippen LogP contribution in [0.4, 0.5) is 10.7 Å². The highest BCUT2D eigenvalue weighted by Crippen LogP contribution is 2.74. The second kappa shape index (κ2) is 7.10. The molecule has 4 atom stereocenters. The number of carbonyl (C=O) groups is 2. The van der Waals surface area contributed by atoms with Gasteiger partial charge in [-0.15, -0.1) is 5.06 Å². The lowest BCUT2D eigenvalue weighted by atomic mass is 9.77. The number of aliphatic hydroxyl groups is 1. The van der Waals surface area contributed by atoms with Crippen LogP contribution in [-0.4, -0.2) is 63.4 Å². The highest BCUT2D eigenvalue weighted by Gasteiger charge is 2.78. The van der Waals surface area contributed by atoms with Gasteiger partial charge in [0.2, 0.25) is 11.8 Å². The van der Waals surface area contributed by atoms with Gasteiger partial charge in [-0.1, -0.05) is 12.2 Å². The van der Waals surface area contributed by atoms with Crippen molar-refractivity contribution in [3.05, 3.63) is 30.5 Å². The van der Waals surface area contributed by atoms with Gasteiger partial charge in [0.15, 0.2) is 0 Å². The van der Waals surface area contributed by atoms with Crippen LogP contribution in [0.1, 0.15) is 66.7 Å². The van der Waals surface area contributed by atoms with Crippen molar-refractivity contribution in [2.45, 2.75) is 89.4 Å². The van der Waals surface area contributed by atoms with E-state index in [1.165, 1.54) is 11.2 Å². The van der Waals surface area contributed by atoms with E-state index in [9.17, 15) is 14.7 Å². The summed E-state index contributed by atoms with van der Waals surface area (Å²) >= 11 is 0. The van der Waals surface area contributed by atoms with Crippen molar-refractivity contribution < 1.29 is 24.0 Å². The molecular weight excluding hydrogens is 434 g/mol. The smallest absolute Gasteiger partial charge is 0.435 e. The molecule has 0 bridgehead atoms. The molecule has 3 heterocycles. The van der Waals surface area contributed by atoms with Crippen molar-refractivity contribution in [1.82, 2.24) is 9.96 Å². The zero-order valence-corrected chi connectivity index (χ0v) is 21.1. The predicted molar refractivity (Wildman–Crippen MR) is 127 cm³/mol. The molecule has 8 heteroatoms. The fraction of sp³-hybridized carbons (Fsp3) is 0.692. The van der Waals surface area contributed by atoms with Crippen LogP contribution in [0.15, 0.2) is 35.0 Å². The maximum Gasteiger partial charge on any atom is 0.435 e. The average Bonchev–Trinajstić information content (AvgIpc) is 3.04. The molecule has 0 radical (unpaired) electrons. The first-order valence-electron chi connectivity index (χ1n) is 12.3. The van der Waals surface area contributed by atoms with Crippen LogP contribution >= 0.6 is 0 Å². The predicted octanol–water partition coefficient (Wildman–Crippen LogP) is 4.11. The molecule has 0 unspecified atom stereocenters. The molecule has 2 amide bonds. The van der Waals surface area contributed by atoms with Crippen molar-refractivity contribution in [2.75, 3.05) is 18.5 Å². The summed E-state index contributed by atoms with van der Waals surface area (Å²) < 4.78 is 5.57. The minimum Gasteiger partial charge on any atom is -0.448 e. The Morgan fingerprint density at radius 1 is 1.21 bits per heavy atom. The number of hydrogen-bond acceptors (Lipinski definition) is 6. The van der Waals surface area contributed by atoms with Crippen LogP contribution in [0.5, 0.6) is 0 Å². The van der Waals surface area contributed by atoms with Crippen molar-refractivity contribution in [3.63, 3.8) is 0 Å². The number of nitrogens with zero attached hydrogens (tertiary/aromatic N) is 3. The topological polar surface area (TPSA) is 86.5 Å². The summed E-state index contributed by atoms with van der Waals surface area (Å²) in [6.07, 6.45) is 8.75. The largest absolute Gasteiger partial charge is 0.448 e. The van der Waals surface area contributed by atoms with E-state index in [1.54, 1.807) is 28.2 Å². The van der Waals surface area contributed by atoms with Crippen molar-refractivity contribution >= 4 is 17.9 Å². The monoisotopic (exact) mass is 471 g/mol. The maximum atomic E-state index is 13.6. The highest BCUT2D eigenvalue weighted by molar-refractivity contribution is 5.92. The van der Waals surface area contributed by atoms with Gasteiger partial charge >= 0.3 is 6.09 Å². The van der Waals surface area contributed by atoms with E-state index in [1.807, 2.05) is 20.0 Å². The van der Waals surface area contributed by atoms with Crippen molar-refractivity contribution in [1.29, 1.82) is 0 Å². The highest BCUT2D eigenvalue weighted by atomic mass is 16.7. The molecule has 1 saturated carbocycles. The zero-order valence-electron chi connectivity index (χ0n) is 21.1. The van der Waals surface area contributed by atoms with Gasteiger partial charge in [-0.05, 0) is 66.4 Å². The average molecular weight is 472 g/mol. The first-order valence-corrected chi connectivity index (χ1v) is 12.3. The van der Waals surface area contributed by atoms with Crippen LogP contribution in [0.3, 0.4) is 0 Å². The summed E-state index contributed by atoms with van der Waals surface area (Å²) in [4.78, 5) is 35.5. The molecule has 5 rings (SSSR count). The molecule has 186 valence electrons. The summed E-state index contributed by atoms with van der Waals surface area (Å²) in [7, 11) is 1.81. The summed E-state index contributed by atoms with van der Waals surface area (Å²) in [6, 6.07) is 3.29.